The topological polar surface area (TPSA) is 73.6 Å². The molecule has 1 amide bonds. The number of alkyl halides is 3. The number of hydrogen-bond acceptors (Lipinski definition) is 4. The van der Waals surface area contributed by atoms with Crippen molar-refractivity contribution < 1.29 is 27.4 Å². The molecule has 1 fully saturated rings. The van der Waals surface area contributed by atoms with Crippen LogP contribution in [0.2, 0.25) is 0 Å². The summed E-state index contributed by atoms with van der Waals surface area (Å²) in [5, 5.41) is 2.73. The third-order valence-corrected chi connectivity index (χ3v) is 6.18. The number of fused-ring (bicyclic) bond motifs is 1. The summed E-state index contributed by atoms with van der Waals surface area (Å²) in [5.74, 6) is 0.820. The Labute approximate surface area is 188 Å². The second-order valence-corrected chi connectivity index (χ2v) is 8.26. The normalized spacial score (nSPS) is 15.9. The Kier molecular flexibility index (Phi) is 5.05. The van der Waals surface area contributed by atoms with Gasteiger partial charge in [-0.3, -0.25) is 4.79 Å². The Morgan fingerprint density at radius 1 is 1.00 bits per heavy atom. The van der Waals surface area contributed by atoms with E-state index in [1.165, 1.54) is 0 Å². The van der Waals surface area contributed by atoms with Gasteiger partial charge in [-0.15, -0.1) is 0 Å². The van der Waals surface area contributed by atoms with E-state index in [2.05, 4.69) is 5.32 Å². The van der Waals surface area contributed by atoms with Crippen LogP contribution in [0.1, 0.15) is 29.5 Å². The lowest BCUT2D eigenvalue weighted by atomic mass is 9.93. The number of nitrogens with two attached hydrogens (primary N) is 1. The zero-order valence-corrected chi connectivity index (χ0v) is 17.5. The van der Waals surface area contributed by atoms with Gasteiger partial charge in [0.2, 0.25) is 12.7 Å². The van der Waals surface area contributed by atoms with Gasteiger partial charge >= 0.3 is 6.18 Å². The molecule has 1 aliphatic carbocycles. The number of hydrogen-bond donors (Lipinski definition) is 2. The van der Waals surface area contributed by atoms with Gasteiger partial charge in [0.15, 0.2) is 11.5 Å². The van der Waals surface area contributed by atoms with E-state index in [-0.39, 0.29) is 24.9 Å². The van der Waals surface area contributed by atoms with Gasteiger partial charge in [0.1, 0.15) is 0 Å². The molecule has 1 saturated carbocycles. The first-order valence-corrected chi connectivity index (χ1v) is 10.5. The molecule has 5 rings (SSSR count). The van der Waals surface area contributed by atoms with Crippen molar-refractivity contribution in [1.82, 2.24) is 0 Å². The molecule has 170 valence electrons. The summed E-state index contributed by atoms with van der Waals surface area (Å²) in [7, 11) is 0. The summed E-state index contributed by atoms with van der Waals surface area (Å²) in [6, 6.07) is 15.9. The van der Waals surface area contributed by atoms with Crippen LogP contribution in [0.4, 0.5) is 18.9 Å². The number of carbonyl (C=O) groups excluding carboxylic acids is 1. The first-order chi connectivity index (χ1) is 15.8. The average Bonchev–Trinajstić information content (AvgIpc) is 3.49. The van der Waals surface area contributed by atoms with Crippen LogP contribution in [-0.2, 0) is 22.9 Å². The maximum absolute atomic E-state index is 13.7. The van der Waals surface area contributed by atoms with Gasteiger partial charge in [0.05, 0.1) is 11.0 Å². The van der Waals surface area contributed by atoms with E-state index in [1.807, 2.05) is 0 Å². The predicted octanol–water partition coefficient (Wildman–Crippen LogP) is 5.23. The van der Waals surface area contributed by atoms with Crippen molar-refractivity contribution >= 4 is 11.6 Å². The maximum atomic E-state index is 13.7. The number of halogens is 3. The van der Waals surface area contributed by atoms with Crippen LogP contribution in [0, 0.1) is 0 Å². The monoisotopic (exact) mass is 454 g/mol. The third-order valence-electron chi connectivity index (χ3n) is 6.18. The Morgan fingerprint density at radius 2 is 1.76 bits per heavy atom. The van der Waals surface area contributed by atoms with Crippen molar-refractivity contribution in [3.05, 3.63) is 77.4 Å². The molecule has 2 aliphatic rings. The summed E-state index contributed by atoms with van der Waals surface area (Å²) in [5.41, 5.74) is 6.64. The van der Waals surface area contributed by atoms with E-state index >= 15 is 0 Å². The van der Waals surface area contributed by atoms with Crippen molar-refractivity contribution in [2.75, 3.05) is 12.1 Å². The van der Waals surface area contributed by atoms with Gasteiger partial charge in [0, 0.05) is 12.2 Å². The number of benzene rings is 3. The minimum Gasteiger partial charge on any atom is -0.454 e. The number of nitrogens with one attached hydrogen (secondary N) is 1. The summed E-state index contributed by atoms with van der Waals surface area (Å²) < 4.78 is 51.7. The molecule has 0 saturated heterocycles. The molecular weight excluding hydrogens is 433 g/mol. The number of anilines is 1. The van der Waals surface area contributed by atoms with Crippen LogP contribution >= 0.6 is 0 Å². The third kappa shape index (κ3) is 3.91. The Hall–Kier alpha value is -3.52. The van der Waals surface area contributed by atoms with Gasteiger partial charge in [-0.1, -0.05) is 30.3 Å². The number of carbonyl (C=O) groups is 1. The highest BCUT2D eigenvalue weighted by Gasteiger charge is 2.51. The highest BCUT2D eigenvalue weighted by Crippen LogP contribution is 2.51. The lowest BCUT2D eigenvalue weighted by molar-refractivity contribution is -0.137. The molecule has 0 radical (unpaired) electrons. The van der Waals surface area contributed by atoms with Crippen LogP contribution in [0.25, 0.3) is 11.1 Å². The summed E-state index contributed by atoms with van der Waals surface area (Å²) in [6.45, 7) is 0.302. The lowest BCUT2D eigenvalue weighted by Gasteiger charge is -2.19. The van der Waals surface area contributed by atoms with Crippen LogP contribution in [0.15, 0.2) is 60.7 Å². The minimum absolute atomic E-state index is 0.0867. The van der Waals surface area contributed by atoms with Crippen LogP contribution in [0.3, 0.4) is 0 Å². The molecule has 0 unspecified atom stereocenters. The molecule has 0 bridgehead atoms. The highest BCUT2D eigenvalue weighted by atomic mass is 19.4. The van der Waals surface area contributed by atoms with Gasteiger partial charge < -0.3 is 20.5 Å². The average molecular weight is 454 g/mol. The standard InChI is InChI=1S/C25H21F3N2O3/c26-25(27,28)18-9-16(20-4-2-1-3-15(20)13-29)10-19(11-18)30-23(31)24(7-8-24)17-5-6-21-22(12-17)33-14-32-21/h1-6,9-12H,7-8,13-14,29H2,(H,30,31). The molecular formula is C25H21F3N2O3. The molecule has 5 nitrogen and oxygen atoms in total. The smallest absolute Gasteiger partial charge is 0.416 e. The maximum Gasteiger partial charge on any atom is 0.416 e. The zero-order valence-electron chi connectivity index (χ0n) is 17.5. The molecule has 1 aliphatic heterocycles. The predicted molar refractivity (Wildman–Crippen MR) is 117 cm³/mol. The molecule has 3 aromatic rings. The van der Waals surface area contributed by atoms with Crippen molar-refractivity contribution in [2.45, 2.75) is 31.0 Å². The van der Waals surface area contributed by atoms with Crippen molar-refractivity contribution in [3.63, 3.8) is 0 Å². The SMILES string of the molecule is NCc1ccccc1-c1cc(NC(=O)C2(c3ccc4c(c3)OCO4)CC2)cc(C(F)(F)F)c1. The molecule has 0 atom stereocenters. The molecule has 33 heavy (non-hydrogen) atoms. The Balaban J connectivity index is 1.49. The van der Waals surface area contributed by atoms with Crippen molar-refractivity contribution in [1.29, 1.82) is 0 Å². The van der Waals surface area contributed by atoms with Crippen molar-refractivity contribution in [3.8, 4) is 22.6 Å². The van der Waals surface area contributed by atoms with Crippen LogP contribution in [-0.4, -0.2) is 12.7 Å². The lowest BCUT2D eigenvalue weighted by Crippen LogP contribution is -2.28. The fourth-order valence-corrected chi connectivity index (χ4v) is 4.22. The first kappa shape index (κ1) is 21.3. The molecule has 3 aromatic carbocycles. The van der Waals surface area contributed by atoms with E-state index in [9.17, 15) is 18.0 Å². The van der Waals surface area contributed by atoms with E-state index in [0.29, 0.717) is 41.0 Å². The molecule has 0 aromatic heterocycles. The number of amides is 1. The fourth-order valence-electron chi connectivity index (χ4n) is 4.22. The highest BCUT2D eigenvalue weighted by molar-refractivity contribution is 6.02. The summed E-state index contributed by atoms with van der Waals surface area (Å²) >= 11 is 0. The van der Waals surface area contributed by atoms with Gasteiger partial charge in [-0.25, -0.2) is 0 Å². The van der Waals surface area contributed by atoms with Gasteiger partial charge in [0.25, 0.3) is 0 Å². The first-order valence-electron chi connectivity index (χ1n) is 10.5. The van der Waals surface area contributed by atoms with Crippen molar-refractivity contribution in [2.24, 2.45) is 5.73 Å². The summed E-state index contributed by atoms with van der Waals surface area (Å²) in [4.78, 5) is 13.2. The second-order valence-electron chi connectivity index (χ2n) is 8.26. The van der Waals surface area contributed by atoms with Crippen LogP contribution in [0.5, 0.6) is 11.5 Å². The Morgan fingerprint density at radius 3 is 2.48 bits per heavy atom. The van der Waals surface area contributed by atoms with Crippen LogP contribution < -0.4 is 20.5 Å². The van der Waals surface area contributed by atoms with E-state index < -0.39 is 17.2 Å². The van der Waals surface area contributed by atoms with E-state index in [4.69, 9.17) is 15.2 Å². The fraction of sp³-hybridized carbons (Fsp3) is 0.240. The number of ether oxygens (including phenoxy) is 2. The largest absolute Gasteiger partial charge is 0.454 e. The summed E-state index contributed by atoms with van der Waals surface area (Å²) in [6.07, 6.45) is -3.37. The molecule has 1 heterocycles. The van der Waals surface area contributed by atoms with Gasteiger partial charge in [-0.05, 0) is 65.4 Å². The quantitative estimate of drug-likeness (QED) is 0.554. The molecule has 8 heteroatoms. The molecule has 3 N–H and O–H groups in total. The minimum atomic E-state index is -4.57. The molecule has 0 spiro atoms. The number of rotatable bonds is 5. The van der Waals surface area contributed by atoms with E-state index in [0.717, 1.165) is 17.7 Å². The van der Waals surface area contributed by atoms with Gasteiger partial charge in [-0.2, -0.15) is 13.2 Å². The zero-order chi connectivity index (χ0) is 23.2. The second kappa shape index (κ2) is 7.81. The van der Waals surface area contributed by atoms with E-state index in [1.54, 1.807) is 48.5 Å². The Bertz CT molecular complexity index is 1240.